The Morgan fingerprint density at radius 2 is 2.16 bits per heavy atom. The average Bonchev–Trinajstić information content (AvgIpc) is 2.86. The second kappa shape index (κ2) is 6.46. The standard InChI is InChI=1S/C12H17N5OS/c13-10(19)9-7-15-17-11(9)16-12(18)14-6-8-4-2-1-3-5-8/h1-5,9,11,15,17H,6-7H2,(H2,13,19)(H2,14,16,18). The molecule has 102 valence electrons. The van der Waals surface area contributed by atoms with E-state index in [0.717, 1.165) is 5.56 Å². The Morgan fingerprint density at radius 1 is 1.42 bits per heavy atom. The maximum Gasteiger partial charge on any atom is 0.316 e. The van der Waals surface area contributed by atoms with Gasteiger partial charge in [0.15, 0.2) is 0 Å². The van der Waals surface area contributed by atoms with Crippen LogP contribution in [0.2, 0.25) is 0 Å². The fourth-order valence-electron chi connectivity index (χ4n) is 1.87. The van der Waals surface area contributed by atoms with Gasteiger partial charge in [-0.1, -0.05) is 42.5 Å². The molecule has 1 aromatic rings. The molecule has 7 heteroatoms. The molecule has 2 atom stereocenters. The Hall–Kier alpha value is -1.70. The summed E-state index contributed by atoms with van der Waals surface area (Å²) in [6.07, 6.45) is -0.284. The number of hydrogen-bond donors (Lipinski definition) is 5. The zero-order chi connectivity index (χ0) is 13.7. The number of carbonyl (C=O) groups is 1. The molecule has 2 amide bonds. The molecule has 1 aliphatic rings. The van der Waals surface area contributed by atoms with Crippen molar-refractivity contribution in [1.82, 2.24) is 21.5 Å². The van der Waals surface area contributed by atoms with Crippen molar-refractivity contribution in [1.29, 1.82) is 0 Å². The van der Waals surface area contributed by atoms with Crippen molar-refractivity contribution in [2.45, 2.75) is 12.7 Å². The maximum absolute atomic E-state index is 11.8. The lowest BCUT2D eigenvalue weighted by atomic mass is 10.1. The monoisotopic (exact) mass is 279 g/mol. The summed E-state index contributed by atoms with van der Waals surface area (Å²) in [5.74, 6) is -0.0857. The third kappa shape index (κ3) is 3.88. The van der Waals surface area contributed by atoms with Crippen molar-refractivity contribution in [3.63, 3.8) is 0 Å². The van der Waals surface area contributed by atoms with E-state index in [1.54, 1.807) is 0 Å². The molecule has 1 saturated heterocycles. The second-order valence-electron chi connectivity index (χ2n) is 4.32. The molecule has 2 rings (SSSR count). The molecular weight excluding hydrogens is 262 g/mol. The van der Waals surface area contributed by atoms with Gasteiger partial charge in [0.05, 0.1) is 10.9 Å². The average molecular weight is 279 g/mol. The third-order valence-corrected chi connectivity index (χ3v) is 3.23. The van der Waals surface area contributed by atoms with E-state index in [0.29, 0.717) is 18.1 Å². The topological polar surface area (TPSA) is 91.2 Å². The van der Waals surface area contributed by atoms with Crippen molar-refractivity contribution >= 4 is 23.2 Å². The molecule has 1 fully saturated rings. The van der Waals surface area contributed by atoms with E-state index in [1.807, 2.05) is 30.3 Å². The highest BCUT2D eigenvalue weighted by atomic mass is 32.1. The number of nitrogens with two attached hydrogens (primary N) is 1. The van der Waals surface area contributed by atoms with E-state index in [9.17, 15) is 4.79 Å². The number of rotatable bonds is 4. The first-order valence-corrected chi connectivity index (χ1v) is 6.43. The van der Waals surface area contributed by atoms with Crippen molar-refractivity contribution in [3.8, 4) is 0 Å². The Morgan fingerprint density at radius 3 is 2.84 bits per heavy atom. The molecule has 0 spiro atoms. The van der Waals surface area contributed by atoms with Gasteiger partial charge in [-0.05, 0) is 5.56 Å². The van der Waals surface area contributed by atoms with Crippen LogP contribution in [0.25, 0.3) is 0 Å². The van der Waals surface area contributed by atoms with Crippen LogP contribution in [0.3, 0.4) is 0 Å². The van der Waals surface area contributed by atoms with Gasteiger partial charge < -0.3 is 16.4 Å². The van der Waals surface area contributed by atoms with E-state index in [2.05, 4.69) is 21.5 Å². The Kier molecular flexibility index (Phi) is 4.67. The summed E-state index contributed by atoms with van der Waals surface area (Å²) in [5, 5.41) is 5.57. The van der Waals surface area contributed by atoms with Crippen LogP contribution in [0.5, 0.6) is 0 Å². The number of nitrogens with one attached hydrogen (secondary N) is 4. The summed E-state index contributed by atoms with van der Waals surface area (Å²) >= 11 is 4.95. The summed E-state index contributed by atoms with van der Waals surface area (Å²) in [7, 11) is 0. The van der Waals surface area contributed by atoms with Crippen LogP contribution in [-0.2, 0) is 6.54 Å². The number of carbonyl (C=O) groups excluding carboxylic acids is 1. The predicted octanol–water partition coefficient (Wildman–Crippen LogP) is -0.178. The Balaban J connectivity index is 1.80. The van der Waals surface area contributed by atoms with Crippen LogP contribution < -0.4 is 27.2 Å². The smallest absolute Gasteiger partial charge is 0.316 e. The Labute approximate surface area is 117 Å². The number of urea groups is 1. The highest BCUT2D eigenvalue weighted by molar-refractivity contribution is 7.80. The van der Waals surface area contributed by atoms with Gasteiger partial charge in [0, 0.05) is 13.1 Å². The predicted molar refractivity (Wildman–Crippen MR) is 77.0 cm³/mol. The summed E-state index contributed by atoms with van der Waals surface area (Å²) in [4.78, 5) is 12.1. The van der Waals surface area contributed by atoms with Gasteiger partial charge in [-0.15, -0.1) is 0 Å². The van der Waals surface area contributed by atoms with Gasteiger partial charge in [-0.3, -0.25) is 5.43 Å². The highest BCUT2D eigenvalue weighted by Gasteiger charge is 2.30. The fourth-order valence-corrected chi connectivity index (χ4v) is 2.09. The van der Waals surface area contributed by atoms with E-state index in [-0.39, 0.29) is 18.1 Å². The zero-order valence-electron chi connectivity index (χ0n) is 10.3. The molecule has 0 bridgehead atoms. The van der Waals surface area contributed by atoms with E-state index < -0.39 is 0 Å². The molecule has 1 heterocycles. The normalized spacial score (nSPS) is 21.9. The van der Waals surface area contributed by atoms with Crippen LogP contribution in [0.4, 0.5) is 4.79 Å². The maximum atomic E-state index is 11.8. The number of hydrogen-bond acceptors (Lipinski definition) is 4. The molecule has 2 unspecified atom stereocenters. The quantitative estimate of drug-likeness (QED) is 0.493. The lowest BCUT2D eigenvalue weighted by Gasteiger charge is -2.19. The molecule has 0 saturated carbocycles. The van der Waals surface area contributed by atoms with Crippen molar-refractivity contribution in [3.05, 3.63) is 35.9 Å². The molecule has 1 aromatic carbocycles. The minimum atomic E-state index is -0.284. The van der Waals surface area contributed by atoms with E-state index >= 15 is 0 Å². The van der Waals surface area contributed by atoms with Crippen molar-refractivity contribution in [2.75, 3.05) is 6.54 Å². The SMILES string of the molecule is NC(=S)C1CNNC1NC(=O)NCc1ccccc1. The summed E-state index contributed by atoms with van der Waals surface area (Å²) < 4.78 is 0. The lowest BCUT2D eigenvalue weighted by Crippen LogP contribution is -2.52. The van der Waals surface area contributed by atoms with E-state index in [4.69, 9.17) is 18.0 Å². The van der Waals surface area contributed by atoms with Crippen LogP contribution in [-0.4, -0.2) is 23.7 Å². The Bertz CT molecular complexity index is 453. The number of thiocarbonyl (C=S) groups is 1. The number of amides is 2. The lowest BCUT2D eigenvalue weighted by molar-refractivity contribution is 0.233. The molecule has 19 heavy (non-hydrogen) atoms. The molecular formula is C12H17N5OS. The third-order valence-electron chi connectivity index (χ3n) is 2.93. The largest absolute Gasteiger partial charge is 0.393 e. The minimum absolute atomic E-state index is 0.0857. The summed E-state index contributed by atoms with van der Waals surface area (Å²) in [6, 6.07) is 9.44. The van der Waals surface area contributed by atoms with Crippen LogP contribution >= 0.6 is 12.2 Å². The van der Waals surface area contributed by atoms with Gasteiger partial charge in [-0.2, -0.15) is 0 Å². The van der Waals surface area contributed by atoms with Gasteiger partial charge in [0.1, 0.15) is 6.17 Å². The molecule has 0 radical (unpaired) electrons. The first kappa shape index (κ1) is 13.7. The van der Waals surface area contributed by atoms with Crippen LogP contribution in [0, 0.1) is 5.92 Å². The summed E-state index contributed by atoms with van der Waals surface area (Å²) in [5.41, 5.74) is 12.5. The van der Waals surface area contributed by atoms with Crippen LogP contribution in [0.1, 0.15) is 5.56 Å². The summed E-state index contributed by atoms with van der Waals surface area (Å²) in [6.45, 7) is 1.09. The first-order chi connectivity index (χ1) is 9.16. The highest BCUT2D eigenvalue weighted by Crippen LogP contribution is 2.05. The van der Waals surface area contributed by atoms with Crippen molar-refractivity contribution in [2.24, 2.45) is 11.7 Å². The first-order valence-electron chi connectivity index (χ1n) is 6.03. The fraction of sp³-hybridized carbons (Fsp3) is 0.333. The van der Waals surface area contributed by atoms with Gasteiger partial charge in [0.2, 0.25) is 0 Å². The molecule has 6 N–H and O–H groups in total. The number of benzene rings is 1. The molecule has 6 nitrogen and oxygen atoms in total. The zero-order valence-corrected chi connectivity index (χ0v) is 11.2. The molecule has 0 aromatic heterocycles. The second-order valence-corrected chi connectivity index (χ2v) is 4.80. The van der Waals surface area contributed by atoms with Gasteiger partial charge in [-0.25, -0.2) is 10.2 Å². The number of hydrazine groups is 1. The van der Waals surface area contributed by atoms with E-state index in [1.165, 1.54) is 0 Å². The van der Waals surface area contributed by atoms with Crippen LogP contribution in [0.15, 0.2) is 30.3 Å². The van der Waals surface area contributed by atoms with Gasteiger partial charge in [0.25, 0.3) is 0 Å². The molecule has 1 aliphatic heterocycles. The van der Waals surface area contributed by atoms with Crippen molar-refractivity contribution < 1.29 is 4.79 Å². The molecule has 0 aliphatic carbocycles. The van der Waals surface area contributed by atoms with Gasteiger partial charge >= 0.3 is 6.03 Å². The minimum Gasteiger partial charge on any atom is -0.393 e.